The highest BCUT2D eigenvalue weighted by atomic mass is 16.5. The summed E-state index contributed by atoms with van der Waals surface area (Å²) >= 11 is 0. The molecular weight excluding hydrogens is 338 g/mol. The maximum Gasteiger partial charge on any atom is 0.261 e. The van der Waals surface area contributed by atoms with E-state index < -0.39 is 0 Å². The SMILES string of the molecule is CCC(C)/C=C(/c1cc(OC)c(C(=O)N2CC(C)C2)c(OC)c1)C(C)CC. The van der Waals surface area contributed by atoms with Gasteiger partial charge in [-0.3, -0.25) is 4.79 Å². The molecule has 0 radical (unpaired) electrons. The maximum atomic E-state index is 13.0. The van der Waals surface area contributed by atoms with Crippen molar-refractivity contribution in [1.29, 1.82) is 0 Å². The lowest BCUT2D eigenvalue weighted by atomic mass is 9.87. The van der Waals surface area contributed by atoms with Gasteiger partial charge in [-0.1, -0.05) is 47.1 Å². The Hall–Kier alpha value is -1.97. The highest BCUT2D eigenvalue weighted by molar-refractivity contribution is 6.00. The summed E-state index contributed by atoms with van der Waals surface area (Å²) in [7, 11) is 3.24. The molecule has 1 fully saturated rings. The Bertz CT molecular complexity index is 664. The molecular formula is C23H35NO3. The van der Waals surface area contributed by atoms with E-state index in [9.17, 15) is 4.79 Å². The fraction of sp³-hybridized carbons (Fsp3) is 0.609. The summed E-state index contributed by atoms with van der Waals surface area (Å²) in [4.78, 5) is 14.8. The third-order valence-corrected chi connectivity index (χ3v) is 5.66. The minimum atomic E-state index is -0.00986. The lowest BCUT2D eigenvalue weighted by Gasteiger charge is -2.37. The first-order chi connectivity index (χ1) is 12.9. The third kappa shape index (κ3) is 4.66. The zero-order valence-corrected chi connectivity index (χ0v) is 18.0. The molecule has 1 aliphatic rings. The van der Waals surface area contributed by atoms with Crippen molar-refractivity contribution in [3.05, 3.63) is 29.3 Å². The van der Waals surface area contributed by atoms with Crippen LogP contribution in [0.1, 0.15) is 63.4 Å². The van der Waals surface area contributed by atoms with E-state index >= 15 is 0 Å². The standard InChI is InChI=1S/C23H35NO3/c1-8-15(3)10-19(17(5)9-2)18-11-20(26-6)22(21(12-18)27-7)23(25)24-13-16(4)14-24/h10-12,15-17H,8-9,13-14H2,1-7H3/b19-10+. The molecule has 0 spiro atoms. The molecule has 4 nitrogen and oxygen atoms in total. The number of carbonyl (C=O) groups excluding carboxylic acids is 1. The highest BCUT2D eigenvalue weighted by Gasteiger charge is 2.32. The van der Waals surface area contributed by atoms with Crippen LogP contribution in [-0.2, 0) is 0 Å². The van der Waals surface area contributed by atoms with Gasteiger partial charge in [0.15, 0.2) is 0 Å². The van der Waals surface area contributed by atoms with Crippen LogP contribution in [0.5, 0.6) is 11.5 Å². The van der Waals surface area contributed by atoms with Crippen molar-refractivity contribution >= 4 is 11.5 Å². The second-order valence-corrected chi connectivity index (χ2v) is 7.89. The maximum absolute atomic E-state index is 13.0. The number of nitrogens with zero attached hydrogens (tertiary/aromatic N) is 1. The predicted molar refractivity (Wildman–Crippen MR) is 112 cm³/mol. The first-order valence-electron chi connectivity index (χ1n) is 10.1. The predicted octanol–water partition coefficient (Wildman–Crippen LogP) is 5.27. The minimum absolute atomic E-state index is 0.00986. The number of rotatable bonds is 8. The molecule has 0 aliphatic carbocycles. The van der Waals surface area contributed by atoms with E-state index in [1.54, 1.807) is 14.2 Å². The van der Waals surface area contributed by atoms with Crippen molar-refractivity contribution in [3.8, 4) is 11.5 Å². The van der Waals surface area contributed by atoms with Gasteiger partial charge in [0, 0.05) is 13.1 Å². The molecule has 1 aromatic rings. The first-order valence-corrected chi connectivity index (χ1v) is 10.1. The van der Waals surface area contributed by atoms with E-state index in [1.807, 2.05) is 17.0 Å². The molecule has 1 saturated heterocycles. The van der Waals surface area contributed by atoms with Gasteiger partial charge in [0.2, 0.25) is 0 Å². The number of likely N-dealkylation sites (tertiary alicyclic amines) is 1. The number of hydrogen-bond acceptors (Lipinski definition) is 3. The molecule has 4 heteroatoms. The summed E-state index contributed by atoms with van der Waals surface area (Å²) < 4.78 is 11.3. The van der Waals surface area contributed by atoms with E-state index in [0.717, 1.165) is 31.5 Å². The van der Waals surface area contributed by atoms with E-state index in [2.05, 4.69) is 40.7 Å². The van der Waals surface area contributed by atoms with Crippen LogP contribution in [0.2, 0.25) is 0 Å². The van der Waals surface area contributed by atoms with Gasteiger partial charge in [0.05, 0.1) is 14.2 Å². The van der Waals surface area contributed by atoms with Gasteiger partial charge in [0.1, 0.15) is 17.1 Å². The molecule has 0 bridgehead atoms. The van der Waals surface area contributed by atoms with Crippen LogP contribution >= 0.6 is 0 Å². The van der Waals surface area contributed by atoms with E-state index in [-0.39, 0.29) is 5.91 Å². The molecule has 1 aliphatic heterocycles. The highest BCUT2D eigenvalue weighted by Crippen LogP contribution is 2.38. The van der Waals surface area contributed by atoms with Crippen LogP contribution in [0.15, 0.2) is 18.2 Å². The molecule has 2 unspecified atom stereocenters. The van der Waals surface area contributed by atoms with E-state index in [0.29, 0.717) is 34.8 Å². The Labute approximate surface area is 164 Å². The van der Waals surface area contributed by atoms with Gasteiger partial charge in [0.25, 0.3) is 5.91 Å². The quantitative estimate of drug-likeness (QED) is 0.623. The van der Waals surface area contributed by atoms with E-state index in [1.165, 1.54) is 5.57 Å². The van der Waals surface area contributed by atoms with Crippen molar-refractivity contribution in [3.63, 3.8) is 0 Å². The normalized spacial score (nSPS) is 17.3. The van der Waals surface area contributed by atoms with Crippen LogP contribution in [-0.4, -0.2) is 38.1 Å². The van der Waals surface area contributed by atoms with Crippen LogP contribution in [0, 0.1) is 17.8 Å². The van der Waals surface area contributed by atoms with Crippen molar-refractivity contribution in [2.45, 2.75) is 47.5 Å². The first kappa shape index (κ1) is 21.3. The van der Waals surface area contributed by atoms with Crippen molar-refractivity contribution in [2.75, 3.05) is 27.3 Å². The molecule has 2 atom stereocenters. The average molecular weight is 374 g/mol. The summed E-state index contributed by atoms with van der Waals surface area (Å²) in [6, 6.07) is 4.00. The second-order valence-electron chi connectivity index (χ2n) is 7.89. The Morgan fingerprint density at radius 3 is 2.11 bits per heavy atom. The topological polar surface area (TPSA) is 38.8 Å². The number of benzene rings is 1. The molecule has 1 heterocycles. The van der Waals surface area contributed by atoms with Crippen LogP contribution < -0.4 is 9.47 Å². The van der Waals surface area contributed by atoms with Gasteiger partial charge in [-0.25, -0.2) is 0 Å². The minimum Gasteiger partial charge on any atom is -0.496 e. The fourth-order valence-electron chi connectivity index (χ4n) is 3.50. The molecule has 1 amide bonds. The Morgan fingerprint density at radius 2 is 1.70 bits per heavy atom. The molecule has 1 aromatic carbocycles. The Balaban J connectivity index is 2.52. The zero-order chi connectivity index (χ0) is 20.1. The summed E-state index contributed by atoms with van der Waals surface area (Å²) in [5.74, 6) is 2.64. The largest absolute Gasteiger partial charge is 0.496 e. The number of carbonyl (C=O) groups is 1. The molecule has 0 saturated carbocycles. The summed E-state index contributed by atoms with van der Waals surface area (Å²) in [5.41, 5.74) is 2.90. The van der Waals surface area contributed by atoms with Gasteiger partial charge in [-0.2, -0.15) is 0 Å². The van der Waals surface area contributed by atoms with Gasteiger partial charge < -0.3 is 14.4 Å². The molecule has 27 heavy (non-hydrogen) atoms. The van der Waals surface area contributed by atoms with Gasteiger partial charge >= 0.3 is 0 Å². The van der Waals surface area contributed by atoms with Crippen LogP contribution in [0.3, 0.4) is 0 Å². The molecule has 0 N–H and O–H groups in total. The second kappa shape index (κ2) is 9.29. The molecule has 2 rings (SSSR count). The number of methoxy groups -OCH3 is 2. The fourth-order valence-corrected chi connectivity index (χ4v) is 3.50. The number of ether oxygens (including phenoxy) is 2. The average Bonchev–Trinajstić information content (AvgIpc) is 2.66. The molecule has 0 aromatic heterocycles. The van der Waals surface area contributed by atoms with E-state index in [4.69, 9.17) is 9.47 Å². The summed E-state index contributed by atoms with van der Waals surface area (Å²) in [6.07, 6.45) is 4.50. The lowest BCUT2D eigenvalue weighted by Crippen LogP contribution is -2.48. The Kier molecular flexibility index (Phi) is 7.34. The zero-order valence-electron chi connectivity index (χ0n) is 18.0. The number of allylic oxidation sites excluding steroid dienone is 2. The van der Waals surface area contributed by atoms with Crippen molar-refractivity contribution in [2.24, 2.45) is 17.8 Å². The monoisotopic (exact) mass is 373 g/mol. The van der Waals surface area contributed by atoms with Crippen LogP contribution in [0.25, 0.3) is 5.57 Å². The smallest absolute Gasteiger partial charge is 0.261 e. The van der Waals surface area contributed by atoms with Crippen LogP contribution in [0.4, 0.5) is 0 Å². The number of amides is 1. The van der Waals surface area contributed by atoms with Gasteiger partial charge in [-0.05, 0) is 47.4 Å². The van der Waals surface area contributed by atoms with Crippen molar-refractivity contribution < 1.29 is 14.3 Å². The lowest BCUT2D eigenvalue weighted by molar-refractivity contribution is 0.0523. The Morgan fingerprint density at radius 1 is 1.15 bits per heavy atom. The third-order valence-electron chi connectivity index (χ3n) is 5.66. The summed E-state index contributed by atoms with van der Waals surface area (Å²) in [6.45, 7) is 12.6. The molecule has 150 valence electrons. The summed E-state index contributed by atoms with van der Waals surface area (Å²) in [5, 5.41) is 0. The number of hydrogen-bond donors (Lipinski definition) is 0. The van der Waals surface area contributed by atoms with Crippen molar-refractivity contribution in [1.82, 2.24) is 4.90 Å². The van der Waals surface area contributed by atoms with Gasteiger partial charge in [-0.15, -0.1) is 0 Å².